The van der Waals surface area contributed by atoms with Gasteiger partial charge in [0.25, 0.3) is 5.91 Å². The zero-order chi connectivity index (χ0) is 25.2. The van der Waals surface area contributed by atoms with Gasteiger partial charge in [0.1, 0.15) is 5.60 Å². The van der Waals surface area contributed by atoms with E-state index in [4.69, 9.17) is 9.26 Å². The Balaban J connectivity index is 1.54. The van der Waals surface area contributed by atoms with Crippen LogP contribution in [-0.2, 0) is 9.26 Å². The van der Waals surface area contributed by atoms with Crippen LogP contribution in [0.25, 0.3) is 10.4 Å². The van der Waals surface area contributed by atoms with E-state index in [1.165, 1.54) is 0 Å². The summed E-state index contributed by atoms with van der Waals surface area (Å²) in [6.07, 6.45) is 0.689. The Hall–Kier alpha value is -2.77. The van der Waals surface area contributed by atoms with Crippen LogP contribution in [-0.4, -0.2) is 35.3 Å². The van der Waals surface area contributed by atoms with E-state index >= 15 is 0 Å². The maximum atomic E-state index is 13.1. The van der Waals surface area contributed by atoms with Crippen molar-refractivity contribution in [2.24, 2.45) is 0 Å². The molecule has 0 spiro atoms. The van der Waals surface area contributed by atoms with E-state index in [1.54, 1.807) is 57.0 Å². The van der Waals surface area contributed by atoms with Crippen molar-refractivity contribution < 1.29 is 23.7 Å². The van der Waals surface area contributed by atoms with Gasteiger partial charge in [0.15, 0.2) is 0 Å². The molecule has 2 aromatic carbocycles. The van der Waals surface area contributed by atoms with E-state index < -0.39 is 19.4 Å². The molecule has 0 saturated carbocycles. The number of amides is 2. The average Bonchev–Trinajstić information content (AvgIpc) is 3.43. The topological polar surface area (TPSA) is 96.9 Å². The number of hydrogen-bond acceptors (Lipinski definition) is 6. The zero-order valence-corrected chi connectivity index (χ0v) is 21.9. The van der Waals surface area contributed by atoms with Gasteiger partial charge in [0.2, 0.25) is 0 Å². The van der Waals surface area contributed by atoms with Crippen LogP contribution in [0.3, 0.4) is 0 Å². The van der Waals surface area contributed by atoms with Crippen molar-refractivity contribution in [2.45, 2.75) is 38.9 Å². The Morgan fingerprint density at radius 2 is 1.83 bits per heavy atom. The Labute approximate surface area is 210 Å². The highest BCUT2D eigenvalue weighted by atomic mass is 32.1. The van der Waals surface area contributed by atoms with Crippen LogP contribution in [0, 0.1) is 0 Å². The van der Waals surface area contributed by atoms with Gasteiger partial charge in [-0.3, -0.25) is 10.1 Å². The Bertz CT molecular complexity index is 1200. The van der Waals surface area contributed by atoms with Gasteiger partial charge >= 0.3 is 6.09 Å². The van der Waals surface area contributed by atoms with E-state index in [9.17, 15) is 14.5 Å². The van der Waals surface area contributed by atoms with Gasteiger partial charge in [-0.05, 0) is 80.7 Å². The summed E-state index contributed by atoms with van der Waals surface area (Å²) in [4.78, 5) is 36.7. The highest BCUT2D eigenvalue weighted by molar-refractivity contribution is 7.65. The van der Waals surface area contributed by atoms with Crippen LogP contribution < -0.4 is 10.6 Å². The summed E-state index contributed by atoms with van der Waals surface area (Å²) in [5.74, 6) is -0.307. The van der Waals surface area contributed by atoms with E-state index in [0.29, 0.717) is 23.1 Å². The normalized spacial score (nSPS) is 19.9. The molecule has 2 heterocycles. The summed E-state index contributed by atoms with van der Waals surface area (Å²) < 4.78 is 11.2. The molecule has 1 fully saturated rings. The van der Waals surface area contributed by atoms with Crippen LogP contribution in [0.15, 0.2) is 60.0 Å². The third-order valence-corrected chi connectivity index (χ3v) is 8.13. The molecule has 1 aromatic heterocycles. The largest absolute Gasteiger partial charge is 0.444 e. The van der Waals surface area contributed by atoms with Crippen molar-refractivity contribution in [3.05, 3.63) is 71.1 Å². The van der Waals surface area contributed by atoms with E-state index in [1.807, 2.05) is 41.8 Å². The molecule has 3 N–H and O–H groups in total. The molecule has 1 radical (unpaired) electrons. The summed E-state index contributed by atoms with van der Waals surface area (Å²) in [6, 6.07) is 16.6. The molecule has 1 aliphatic heterocycles. The monoisotopic (exact) mass is 513 g/mol. The zero-order valence-electron chi connectivity index (χ0n) is 20.2. The van der Waals surface area contributed by atoms with Crippen LogP contribution in [0.5, 0.6) is 0 Å². The Morgan fingerprint density at radius 1 is 1.09 bits per heavy atom. The Morgan fingerprint density at radius 3 is 2.43 bits per heavy atom. The fourth-order valence-electron chi connectivity index (χ4n) is 3.77. The van der Waals surface area contributed by atoms with Gasteiger partial charge in [-0.15, -0.1) is 11.3 Å². The number of carbonyl (C=O) groups excluding carboxylic acids is 2. The minimum atomic E-state index is -2.27. The van der Waals surface area contributed by atoms with Crippen LogP contribution >= 0.6 is 19.1 Å². The van der Waals surface area contributed by atoms with Crippen molar-refractivity contribution in [1.82, 2.24) is 0 Å². The summed E-state index contributed by atoms with van der Waals surface area (Å²) >= 11 is 1.59. The molecule has 7 nitrogen and oxygen atoms in total. The number of anilines is 2. The molecule has 1 aliphatic rings. The number of ether oxygens (including phenoxy) is 1. The van der Waals surface area contributed by atoms with Crippen molar-refractivity contribution in [3.8, 4) is 10.4 Å². The molecule has 2 unspecified atom stereocenters. The lowest BCUT2D eigenvalue weighted by Gasteiger charge is -2.21. The summed E-state index contributed by atoms with van der Waals surface area (Å²) in [5, 5.41) is 7.65. The highest BCUT2D eigenvalue weighted by Gasteiger charge is 2.33. The van der Waals surface area contributed by atoms with Crippen LogP contribution in [0.1, 0.15) is 49.2 Å². The maximum absolute atomic E-state index is 13.1. The molecule has 0 bridgehead atoms. The molecular formula is C26H30N2O5PS. The lowest BCUT2D eigenvalue weighted by Crippen LogP contribution is -2.27. The number of hydrogen-bond donors (Lipinski definition) is 3. The van der Waals surface area contributed by atoms with Gasteiger partial charge in [-0.1, -0.05) is 24.3 Å². The number of rotatable bonds is 5. The predicted molar refractivity (Wildman–Crippen MR) is 142 cm³/mol. The SMILES string of the molecule is CC(C)(C)OC(=O)Nc1ccc(-c2cccs2)cc1NC(=O)c1ccc(C2CC[P](C)(O)O2)cc1. The third-order valence-electron chi connectivity index (χ3n) is 5.41. The first-order valence-corrected chi connectivity index (χ1v) is 14.5. The van der Waals surface area contributed by atoms with Crippen LogP contribution in [0.4, 0.5) is 16.2 Å². The predicted octanol–water partition coefficient (Wildman–Crippen LogP) is 6.95. The molecule has 185 valence electrons. The second-order valence-electron chi connectivity index (χ2n) is 9.60. The number of thiophene rings is 1. The lowest BCUT2D eigenvalue weighted by atomic mass is 10.0. The Kier molecular flexibility index (Phi) is 7.29. The fraction of sp³-hybridized carbons (Fsp3) is 0.308. The minimum Gasteiger partial charge on any atom is -0.444 e. The minimum absolute atomic E-state index is 0.150. The number of benzene rings is 2. The van der Waals surface area contributed by atoms with Crippen molar-refractivity contribution in [1.29, 1.82) is 0 Å². The van der Waals surface area contributed by atoms with Gasteiger partial charge in [-0.2, -0.15) is 0 Å². The highest BCUT2D eigenvalue weighted by Crippen LogP contribution is 2.62. The first-order chi connectivity index (χ1) is 16.5. The van der Waals surface area contributed by atoms with Crippen molar-refractivity contribution >= 4 is 42.4 Å². The number of carbonyl (C=O) groups is 2. The van der Waals surface area contributed by atoms with Gasteiger partial charge < -0.3 is 19.5 Å². The average molecular weight is 514 g/mol. The molecule has 3 aromatic rings. The van der Waals surface area contributed by atoms with Gasteiger partial charge in [-0.25, -0.2) is 4.79 Å². The summed E-state index contributed by atoms with van der Waals surface area (Å²) in [5.41, 5.74) is 2.59. The molecular weight excluding hydrogens is 483 g/mol. The van der Waals surface area contributed by atoms with E-state index in [0.717, 1.165) is 22.4 Å². The molecule has 1 saturated heterocycles. The quantitative estimate of drug-likeness (QED) is 0.321. The maximum Gasteiger partial charge on any atom is 0.412 e. The molecule has 9 heteroatoms. The van der Waals surface area contributed by atoms with Crippen LogP contribution in [0.2, 0.25) is 0 Å². The molecule has 35 heavy (non-hydrogen) atoms. The molecule has 2 atom stereocenters. The molecule has 0 aliphatic carbocycles. The standard InChI is InChI=1S/C26H30N2O5PS/c1-26(2,3)32-25(30)28-20-12-11-19(23-6-5-15-35-23)16-21(20)27-24(29)18-9-7-17(8-10-18)22-13-14-34(4,31)33-22/h5-12,15-16,22,31H,13-14H2,1-4H3,(H,27,29)(H,28,30). The first-order valence-electron chi connectivity index (χ1n) is 11.3. The lowest BCUT2D eigenvalue weighted by molar-refractivity contribution is 0.0635. The summed E-state index contributed by atoms with van der Waals surface area (Å²) in [7, 11) is -2.27. The van der Waals surface area contributed by atoms with Crippen molar-refractivity contribution in [2.75, 3.05) is 23.5 Å². The molecule has 2 amide bonds. The van der Waals surface area contributed by atoms with E-state index in [2.05, 4.69) is 10.6 Å². The summed E-state index contributed by atoms with van der Waals surface area (Å²) in [6.45, 7) is 7.14. The van der Waals surface area contributed by atoms with Gasteiger partial charge in [0, 0.05) is 16.6 Å². The van der Waals surface area contributed by atoms with Gasteiger partial charge in [0.05, 0.1) is 25.2 Å². The molecule has 4 rings (SSSR count). The van der Waals surface area contributed by atoms with E-state index in [-0.39, 0.29) is 12.0 Å². The first kappa shape index (κ1) is 25.3. The smallest absolute Gasteiger partial charge is 0.412 e. The second-order valence-corrected chi connectivity index (χ2v) is 13.3. The van der Waals surface area contributed by atoms with Crippen molar-refractivity contribution in [3.63, 3.8) is 0 Å². The third kappa shape index (κ3) is 6.67. The second kappa shape index (κ2) is 10.1. The number of nitrogens with one attached hydrogen (secondary N) is 2. The fourth-order valence-corrected chi connectivity index (χ4v) is 6.09.